The molecule has 2 rings (SSSR count). The topological polar surface area (TPSA) is 55.6 Å². The summed E-state index contributed by atoms with van der Waals surface area (Å²) in [6.45, 7) is 1.50. The molecule has 0 aromatic rings. The average Bonchev–Trinajstić information content (AvgIpc) is 2.91. The van der Waals surface area contributed by atoms with Crippen LogP contribution in [0.25, 0.3) is 0 Å². The first-order chi connectivity index (χ1) is 8.20. The van der Waals surface area contributed by atoms with Crippen molar-refractivity contribution in [3.05, 3.63) is 0 Å². The minimum atomic E-state index is -0.329. The van der Waals surface area contributed by atoms with Crippen molar-refractivity contribution in [1.82, 2.24) is 4.90 Å². The molecule has 1 atom stereocenters. The van der Waals surface area contributed by atoms with Crippen molar-refractivity contribution < 1.29 is 9.53 Å². The Bertz CT molecular complexity index is 264. The van der Waals surface area contributed by atoms with Gasteiger partial charge in [0.05, 0.1) is 6.04 Å². The number of hydrogen-bond donors (Lipinski definition) is 1. The second kappa shape index (κ2) is 7.31. The molecule has 106 valence electrons. The van der Waals surface area contributed by atoms with E-state index in [4.69, 9.17) is 10.5 Å². The van der Waals surface area contributed by atoms with Gasteiger partial charge < -0.3 is 15.4 Å². The van der Waals surface area contributed by atoms with Crippen LogP contribution in [0.15, 0.2) is 0 Å². The van der Waals surface area contributed by atoms with Crippen LogP contribution >= 0.6 is 12.4 Å². The van der Waals surface area contributed by atoms with Gasteiger partial charge in [-0.15, -0.1) is 12.4 Å². The monoisotopic (exact) mass is 276 g/mol. The highest BCUT2D eigenvalue weighted by atomic mass is 35.5. The number of hydrogen-bond acceptors (Lipinski definition) is 3. The summed E-state index contributed by atoms with van der Waals surface area (Å²) in [5.41, 5.74) is 6.11. The fourth-order valence-corrected chi connectivity index (χ4v) is 2.98. The third kappa shape index (κ3) is 3.59. The largest absolute Gasteiger partial charge is 0.381 e. The SMILES string of the molecule is CN(C(=O)C(N)C1CCOCC1)C1CCCC1.Cl. The lowest BCUT2D eigenvalue weighted by atomic mass is 9.91. The number of halogens is 1. The molecule has 1 amide bonds. The number of likely N-dealkylation sites (N-methyl/N-ethyl adjacent to an activating group) is 1. The molecule has 0 bridgehead atoms. The standard InChI is InChI=1S/C13H24N2O2.ClH/c1-15(11-4-2-3-5-11)13(16)12(14)10-6-8-17-9-7-10;/h10-12H,2-9,14H2,1H3;1H. The van der Waals surface area contributed by atoms with E-state index in [1.54, 1.807) is 0 Å². The van der Waals surface area contributed by atoms with Gasteiger partial charge in [0.25, 0.3) is 0 Å². The second-order valence-electron chi connectivity index (χ2n) is 5.36. The lowest BCUT2D eigenvalue weighted by molar-refractivity contribution is -0.135. The van der Waals surface area contributed by atoms with Crippen molar-refractivity contribution in [2.45, 2.75) is 50.6 Å². The number of rotatable bonds is 3. The van der Waals surface area contributed by atoms with Gasteiger partial charge in [-0.2, -0.15) is 0 Å². The molecule has 1 saturated heterocycles. The number of amides is 1. The van der Waals surface area contributed by atoms with Gasteiger partial charge in [0, 0.05) is 26.3 Å². The first-order valence-corrected chi connectivity index (χ1v) is 6.80. The average molecular weight is 277 g/mol. The molecule has 0 aromatic carbocycles. The number of ether oxygens (including phenoxy) is 1. The van der Waals surface area contributed by atoms with E-state index >= 15 is 0 Å². The summed E-state index contributed by atoms with van der Waals surface area (Å²) in [4.78, 5) is 14.2. The Morgan fingerprint density at radius 2 is 1.78 bits per heavy atom. The molecule has 2 aliphatic rings. The van der Waals surface area contributed by atoms with Crippen LogP contribution in [0.1, 0.15) is 38.5 Å². The van der Waals surface area contributed by atoms with E-state index in [1.807, 2.05) is 11.9 Å². The van der Waals surface area contributed by atoms with Crippen molar-refractivity contribution in [2.75, 3.05) is 20.3 Å². The van der Waals surface area contributed by atoms with Crippen molar-refractivity contribution in [1.29, 1.82) is 0 Å². The first-order valence-electron chi connectivity index (χ1n) is 6.80. The predicted molar refractivity (Wildman–Crippen MR) is 73.8 cm³/mol. The maximum Gasteiger partial charge on any atom is 0.239 e. The van der Waals surface area contributed by atoms with Crippen molar-refractivity contribution in [3.63, 3.8) is 0 Å². The van der Waals surface area contributed by atoms with E-state index in [9.17, 15) is 4.79 Å². The molecule has 1 unspecified atom stereocenters. The Morgan fingerprint density at radius 1 is 1.22 bits per heavy atom. The van der Waals surface area contributed by atoms with Crippen molar-refractivity contribution in [2.24, 2.45) is 11.7 Å². The van der Waals surface area contributed by atoms with Gasteiger partial charge in [-0.25, -0.2) is 0 Å². The van der Waals surface area contributed by atoms with Gasteiger partial charge >= 0.3 is 0 Å². The quantitative estimate of drug-likeness (QED) is 0.851. The zero-order valence-corrected chi connectivity index (χ0v) is 12.0. The van der Waals surface area contributed by atoms with Crippen LogP contribution in [0.2, 0.25) is 0 Å². The van der Waals surface area contributed by atoms with E-state index in [-0.39, 0.29) is 24.4 Å². The van der Waals surface area contributed by atoms with Crippen molar-refractivity contribution >= 4 is 18.3 Å². The molecule has 5 heteroatoms. The zero-order chi connectivity index (χ0) is 12.3. The van der Waals surface area contributed by atoms with E-state index in [0.717, 1.165) is 38.9 Å². The Balaban J connectivity index is 0.00000162. The molecule has 2 fully saturated rings. The van der Waals surface area contributed by atoms with Crippen LogP contribution in [-0.4, -0.2) is 43.2 Å². The third-order valence-corrected chi connectivity index (χ3v) is 4.28. The van der Waals surface area contributed by atoms with Crippen LogP contribution in [-0.2, 0) is 9.53 Å². The Labute approximate surface area is 116 Å². The van der Waals surface area contributed by atoms with Crippen LogP contribution in [0.5, 0.6) is 0 Å². The molecule has 0 spiro atoms. The van der Waals surface area contributed by atoms with E-state index in [0.29, 0.717) is 12.0 Å². The third-order valence-electron chi connectivity index (χ3n) is 4.28. The zero-order valence-electron chi connectivity index (χ0n) is 11.1. The summed E-state index contributed by atoms with van der Waals surface area (Å²) in [6.07, 6.45) is 6.62. The lowest BCUT2D eigenvalue weighted by Crippen LogP contribution is -2.50. The van der Waals surface area contributed by atoms with Gasteiger partial charge in [-0.1, -0.05) is 12.8 Å². The smallest absolute Gasteiger partial charge is 0.239 e. The highest BCUT2D eigenvalue weighted by molar-refractivity contribution is 5.85. The first kappa shape index (κ1) is 15.7. The Hall–Kier alpha value is -0.320. The fraction of sp³-hybridized carbons (Fsp3) is 0.923. The molecule has 1 heterocycles. The second-order valence-corrected chi connectivity index (χ2v) is 5.36. The molecule has 2 N–H and O–H groups in total. The van der Waals surface area contributed by atoms with Gasteiger partial charge in [0.1, 0.15) is 0 Å². The summed E-state index contributed by atoms with van der Waals surface area (Å²) < 4.78 is 5.31. The van der Waals surface area contributed by atoms with E-state index < -0.39 is 0 Å². The van der Waals surface area contributed by atoms with Gasteiger partial charge in [0.2, 0.25) is 5.91 Å². The van der Waals surface area contributed by atoms with E-state index in [1.165, 1.54) is 12.8 Å². The number of carbonyl (C=O) groups excluding carboxylic acids is 1. The minimum absolute atomic E-state index is 0. The summed E-state index contributed by atoms with van der Waals surface area (Å²) in [5, 5.41) is 0. The molecule has 1 saturated carbocycles. The normalized spacial score (nSPS) is 23.4. The van der Waals surface area contributed by atoms with Crippen LogP contribution < -0.4 is 5.73 Å². The van der Waals surface area contributed by atoms with Gasteiger partial charge in [0.15, 0.2) is 0 Å². The molecule has 0 radical (unpaired) electrons. The van der Waals surface area contributed by atoms with Crippen LogP contribution in [0.3, 0.4) is 0 Å². The Morgan fingerprint density at radius 3 is 2.33 bits per heavy atom. The van der Waals surface area contributed by atoms with Crippen molar-refractivity contribution in [3.8, 4) is 0 Å². The molecule has 4 nitrogen and oxygen atoms in total. The summed E-state index contributed by atoms with van der Waals surface area (Å²) in [5.74, 6) is 0.434. The number of carbonyl (C=O) groups is 1. The summed E-state index contributed by atoms with van der Waals surface area (Å²) in [6, 6.07) is 0.0953. The van der Waals surface area contributed by atoms with Crippen LogP contribution in [0, 0.1) is 5.92 Å². The fourth-order valence-electron chi connectivity index (χ4n) is 2.98. The number of nitrogens with zero attached hydrogens (tertiary/aromatic N) is 1. The molecule has 1 aliphatic heterocycles. The molecule has 0 aromatic heterocycles. The number of nitrogens with two attached hydrogens (primary N) is 1. The van der Waals surface area contributed by atoms with Gasteiger partial charge in [-0.05, 0) is 31.6 Å². The lowest BCUT2D eigenvalue weighted by Gasteiger charge is -2.32. The molecule has 18 heavy (non-hydrogen) atoms. The maximum absolute atomic E-state index is 12.3. The highest BCUT2D eigenvalue weighted by Gasteiger charge is 2.32. The maximum atomic E-state index is 12.3. The van der Waals surface area contributed by atoms with Crippen LogP contribution in [0.4, 0.5) is 0 Å². The molecular formula is C13H25ClN2O2. The minimum Gasteiger partial charge on any atom is -0.381 e. The summed E-state index contributed by atoms with van der Waals surface area (Å²) in [7, 11) is 1.91. The van der Waals surface area contributed by atoms with Gasteiger partial charge in [-0.3, -0.25) is 4.79 Å². The van der Waals surface area contributed by atoms with E-state index in [2.05, 4.69) is 0 Å². The molecular weight excluding hydrogens is 252 g/mol. The Kier molecular flexibility index (Phi) is 6.39. The predicted octanol–water partition coefficient (Wildman–Crippen LogP) is 1.56. The summed E-state index contributed by atoms with van der Waals surface area (Å²) >= 11 is 0. The molecule has 1 aliphatic carbocycles. The highest BCUT2D eigenvalue weighted by Crippen LogP contribution is 2.25.